The van der Waals surface area contributed by atoms with Gasteiger partial charge < -0.3 is 0 Å². The second kappa shape index (κ2) is 5.86. The molecular weight excluding hydrogens is 220 g/mol. The number of thioether (sulfide) groups is 2. The zero-order valence-corrected chi connectivity index (χ0v) is 11.7. The average Bonchev–Trinajstić information content (AvgIpc) is 2.19. The van der Waals surface area contributed by atoms with Crippen molar-refractivity contribution in [2.75, 3.05) is 11.5 Å². The summed E-state index contributed by atoms with van der Waals surface area (Å²) in [4.78, 5) is 0. The number of hydrogen-bond donors (Lipinski definition) is 0. The van der Waals surface area contributed by atoms with E-state index in [1.54, 1.807) is 0 Å². The molecule has 0 saturated heterocycles. The third-order valence-corrected chi connectivity index (χ3v) is 5.27. The van der Waals surface area contributed by atoms with E-state index in [2.05, 4.69) is 52.0 Å². The summed E-state index contributed by atoms with van der Waals surface area (Å²) in [5.41, 5.74) is 2.77. The predicted molar refractivity (Wildman–Crippen MR) is 74.8 cm³/mol. The minimum absolute atomic E-state index is 0.219. The molecule has 0 unspecified atom stereocenters. The van der Waals surface area contributed by atoms with Gasteiger partial charge in [-0.15, -0.1) is 23.5 Å². The smallest absolute Gasteiger partial charge is 0.0831 e. The minimum atomic E-state index is 0.219. The second-order valence-electron chi connectivity index (χ2n) is 3.68. The molecule has 0 spiro atoms. The van der Waals surface area contributed by atoms with Crippen molar-refractivity contribution in [2.45, 2.75) is 31.8 Å². The van der Waals surface area contributed by atoms with Gasteiger partial charge in [0.05, 0.1) is 4.08 Å². The first-order valence-electron chi connectivity index (χ1n) is 5.47. The number of aryl methyl sites for hydroxylation is 1. The quantitative estimate of drug-likeness (QED) is 0.686. The Morgan fingerprint density at radius 3 is 1.87 bits per heavy atom. The molecule has 0 atom stereocenters. The van der Waals surface area contributed by atoms with Crippen LogP contribution in [0, 0.1) is 6.92 Å². The molecule has 0 fully saturated rings. The van der Waals surface area contributed by atoms with E-state index < -0.39 is 0 Å². The lowest BCUT2D eigenvalue weighted by molar-refractivity contribution is 1.01. The zero-order chi connectivity index (χ0) is 11.3. The van der Waals surface area contributed by atoms with Crippen molar-refractivity contribution in [3.63, 3.8) is 0 Å². The van der Waals surface area contributed by atoms with Gasteiger partial charge in [-0.1, -0.05) is 43.7 Å². The summed E-state index contributed by atoms with van der Waals surface area (Å²) >= 11 is 4.05. The van der Waals surface area contributed by atoms with Gasteiger partial charge in [0, 0.05) is 0 Å². The van der Waals surface area contributed by atoms with Gasteiger partial charge in [0.25, 0.3) is 0 Å². The van der Waals surface area contributed by atoms with Crippen LogP contribution >= 0.6 is 23.5 Å². The van der Waals surface area contributed by atoms with Crippen LogP contribution in [0.25, 0.3) is 0 Å². The predicted octanol–water partition coefficient (Wildman–Crippen LogP) is 4.67. The lowest BCUT2D eigenvalue weighted by Gasteiger charge is -2.28. The lowest BCUT2D eigenvalue weighted by atomic mass is 10.1. The summed E-state index contributed by atoms with van der Waals surface area (Å²) in [7, 11) is 0. The molecule has 0 radical (unpaired) electrons. The highest BCUT2D eigenvalue weighted by Gasteiger charge is 2.25. The second-order valence-corrected chi connectivity index (χ2v) is 7.30. The molecule has 1 aromatic rings. The molecule has 0 heterocycles. The van der Waals surface area contributed by atoms with Gasteiger partial charge in [-0.25, -0.2) is 0 Å². The molecule has 0 aliphatic carbocycles. The van der Waals surface area contributed by atoms with Crippen LogP contribution in [0.15, 0.2) is 24.3 Å². The molecule has 15 heavy (non-hydrogen) atoms. The van der Waals surface area contributed by atoms with E-state index in [-0.39, 0.29) is 4.08 Å². The molecule has 0 amide bonds. The van der Waals surface area contributed by atoms with Gasteiger partial charge in [0.2, 0.25) is 0 Å². The van der Waals surface area contributed by atoms with E-state index in [1.165, 1.54) is 11.1 Å². The van der Waals surface area contributed by atoms with E-state index in [0.29, 0.717) is 0 Å². The fourth-order valence-corrected chi connectivity index (χ4v) is 4.36. The molecule has 0 aromatic heterocycles. The van der Waals surface area contributed by atoms with Crippen LogP contribution < -0.4 is 0 Å². The fourth-order valence-electron chi connectivity index (χ4n) is 1.62. The maximum absolute atomic E-state index is 2.33. The first-order valence-corrected chi connectivity index (χ1v) is 7.44. The van der Waals surface area contributed by atoms with Crippen LogP contribution in [0.4, 0.5) is 0 Å². The molecule has 0 nitrogen and oxygen atoms in total. The van der Waals surface area contributed by atoms with E-state index in [1.807, 2.05) is 23.5 Å². The molecule has 0 N–H and O–H groups in total. The van der Waals surface area contributed by atoms with Crippen LogP contribution in [0.3, 0.4) is 0 Å². The van der Waals surface area contributed by atoms with Gasteiger partial charge in [-0.3, -0.25) is 0 Å². The molecule has 84 valence electrons. The van der Waals surface area contributed by atoms with Gasteiger partial charge >= 0.3 is 0 Å². The summed E-state index contributed by atoms with van der Waals surface area (Å²) in [5, 5.41) is 0. The SMILES string of the molecule is CCSC(C)(SCC)c1ccc(C)cc1. The zero-order valence-electron chi connectivity index (χ0n) is 10.0. The van der Waals surface area contributed by atoms with Crippen molar-refractivity contribution in [1.82, 2.24) is 0 Å². The number of hydrogen-bond acceptors (Lipinski definition) is 2. The Labute approximate surface area is 102 Å². The van der Waals surface area contributed by atoms with Crippen molar-refractivity contribution in [3.8, 4) is 0 Å². The maximum Gasteiger partial charge on any atom is 0.0831 e. The molecule has 1 rings (SSSR count). The molecule has 0 bridgehead atoms. The summed E-state index contributed by atoms with van der Waals surface area (Å²) in [6, 6.07) is 8.95. The Morgan fingerprint density at radius 2 is 1.47 bits per heavy atom. The normalized spacial score (nSPS) is 11.7. The fraction of sp³-hybridized carbons (Fsp3) is 0.538. The highest BCUT2D eigenvalue weighted by Crippen LogP contribution is 2.45. The van der Waals surface area contributed by atoms with E-state index in [4.69, 9.17) is 0 Å². The van der Waals surface area contributed by atoms with Crippen LogP contribution in [0.5, 0.6) is 0 Å². The van der Waals surface area contributed by atoms with Crippen molar-refractivity contribution < 1.29 is 0 Å². The van der Waals surface area contributed by atoms with E-state index in [9.17, 15) is 0 Å². The third kappa shape index (κ3) is 3.46. The van der Waals surface area contributed by atoms with E-state index >= 15 is 0 Å². The Bertz CT molecular complexity index is 284. The topological polar surface area (TPSA) is 0 Å². The maximum atomic E-state index is 2.33. The van der Waals surface area contributed by atoms with Crippen LogP contribution in [0.2, 0.25) is 0 Å². The Morgan fingerprint density at radius 1 is 1.00 bits per heavy atom. The number of benzene rings is 1. The molecule has 1 aromatic carbocycles. The van der Waals surface area contributed by atoms with Gasteiger partial charge in [-0.05, 0) is 30.9 Å². The monoisotopic (exact) mass is 240 g/mol. The summed E-state index contributed by atoms with van der Waals surface area (Å²) in [5.74, 6) is 2.33. The molecule has 0 aliphatic heterocycles. The highest BCUT2D eigenvalue weighted by molar-refractivity contribution is 8.17. The first-order chi connectivity index (χ1) is 7.12. The third-order valence-electron chi connectivity index (χ3n) is 2.42. The molecule has 0 saturated carbocycles. The van der Waals surface area contributed by atoms with Gasteiger partial charge in [0.15, 0.2) is 0 Å². The highest BCUT2D eigenvalue weighted by atomic mass is 32.2. The van der Waals surface area contributed by atoms with Gasteiger partial charge in [-0.2, -0.15) is 0 Å². The van der Waals surface area contributed by atoms with Crippen LogP contribution in [-0.4, -0.2) is 11.5 Å². The minimum Gasteiger partial charge on any atom is -0.140 e. The van der Waals surface area contributed by atoms with E-state index in [0.717, 1.165) is 11.5 Å². The Balaban J connectivity index is 2.92. The lowest BCUT2D eigenvalue weighted by Crippen LogP contribution is -2.13. The summed E-state index contributed by atoms with van der Waals surface area (Å²) in [6.45, 7) is 8.93. The van der Waals surface area contributed by atoms with Crippen molar-refractivity contribution in [1.29, 1.82) is 0 Å². The van der Waals surface area contributed by atoms with Crippen molar-refractivity contribution in [3.05, 3.63) is 35.4 Å². The Kier molecular flexibility index (Phi) is 5.07. The first kappa shape index (κ1) is 13.0. The van der Waals surface area contributed by atoms with Crippen molar-refractivity contribution in [2.24, 2.45) is 0 Å². The molecule has 0 aliphatic rings. The van der Waals surface area contributed by atoms with Crippen molar-refractivity contribution >= 4 is 23.5 Å². The van der Waals surface area contributed by atoms with Crippen LogP contribution in [0.1, 0.15) is 31.9 Å². The van der Waals surface area contributed by atoms with Gasteiger partial charge in [0.1, 0.15) is 0 Å². The Hall–Kier alpha value is -0.0800. The standard InChI is InChI=1S/C13H20S2/c1-5-14-13(4,15-6-2)12-9-7-11(3)8-10-12/h7-10H,5-6H2,1-4H3. The molecular formula is C13H20S2. The molecule has 2 heteroatoms. The number of rotatable bonds is 5. The summed E-state index contributed by atoms with van der Waals surface area (Å²) < 4.78 is 0.219. The van der Waals surface area contributed by atoms with Crippen LogP contribution in [-0.2, 0) is 4.08 Å². The average molecular weight is 240 g/mol. The largest absolute Gasteiger partial charge is 0.140 e. The summed E-state index contributed by atoms with van der Waals surface area (Å²) in [6.07, 6.45) is 0.